The highest BCUT2D eigenvalue weighted by Gasteiger charge is 2.36. The summed E-state index contributed by atoms with van der Waals surface area (Å²) < 4.78 is 0. The van der Waals surface area contributed by atoms with E-state index in [1.807, 2.05) is 0 Å². The summed E-state index contributed by atoms with van der Waals surface area (Å²) in [5.74, 6) is -0.0600. The smallest absolute Gasteiger partial charge is 0.270 e. The molecule has 110 valence electrons. The summed E-state index contributed by atoms with van der Waals surface area (Å²) in [5.41, 5.74) is 4.96. The molecule has 0 spiro atoms. The zero-order valence-electron chi connectivity index (χ0n) is 12.3. The topological polar surface area (TPSA) is 42.0 Å². The zero-order chi connectivity index (χ0) is 14.7. The van der Waals surface area contributed by atoms with E-state index in [1.165, 1.54) is 35.3 Å². The van der Waals surface area contributed by atoms with Crippen LogP contribution in [0.1, 0.15) is 47.3 Å². The number of carbonyl (C=O) groups is 1. The van der Waals surface area contributed by atoms with Gasteiger partial charge in [0.2, 0.25) is 0 Å². The average molecular weight is 300 g/mol. The van der Waals surface area contributed by atoms with E-state index in [4.69, 9.17) is 0 Å². The Morgan fingerprint density at radius 3 is 2.86 bits per heavy atom. The Kier molecular flexibility index (Phi) is 4.06. The van der Waals surface area contributed by atoms with Crippen LogP contribution in [0.5, 0.6) is 0 Å². The molecule has 3 nitrogen and oxygen atoms in total. The number of hydrogen-bond donors (Lipinski definition) is 1. The molecule has 0 bridgehead atoms. The summed E-state index contributed by atoms with van der Waals surface area (Å²) in [4.78, 5) is 16.2. The van der Waals surface area contributed by atoms with Gasteiger partial charge in [-0.3, -0.25) is 4.79 Å². The van der Waals surface area contributed by atoms with E-state index < -0.39 is 0 Å². The molecule has 0 aliphatic heterocycles. The van der Waals surface area contributed by atoms with E-state index >= 15 is 0 Å². The van der Waals surface area contributed by atoms with E-state index in [1.54, 1.807) is 10.9 Å². The first-order chi connectivity index (χ1) is 10.2. The van der Waals surface area contributed by atoms with Crippen LogP contribution in [0.25, 0.3) is 0 Å². The molecule has 1 aliphatic carbocycles. The van der Waals surface area contributed by atoms with Crippen LogP contribution in [-0.4, -0.2) is 17.4 Å². The lowest BCUT2D eigenvalue weighted by Crippen LogP contribution is -2.39. The first kappa shape index (κ1) is 14.3. The minimum Gasteiger partial charge on any atom is -0.350 e. The molecule has 1 amide bonds. The monoisotopic (exact) mass is 300 g/mol. The van der Waals surface area contributed by atoms with Crippen LogP contribution >= 0.6 is 11.3 Å². The molecule has 0 saturated heterocycles. The van der Waals surface area contributed by atoms with Crippen molar-refractivity contribution in [2.24, 2.45) is 0 Å². The Labute approximate surface area is 129 Å². The predicted molar refractivity (Wildman–Crippen MR) is 85.8 cm³/mol. The van der Waals surface area contributed by atoms with E-state index in [9.17, 15) is 4.79 Å². The van der Waals surface area contributed by atoms with Crippen molar-refractivity contribution in [2.75, 3.05) is 6.54 Å². The summed E-state index contributed by atoms with van der Waals surface area (Å²) >= 11 is 1.45. The third-order valence-electron chi connectivity index (χ3n) is 4.44. The Morgan fingerprint density at radius 2 is 2.19 bits per heavy atom. The highest BCUT2D eigenvalue weighted by atomic mass is 32.1. The summed E-state index contributed by atoms with van der Waals surface area (Å²) in [6.07, 6.45) is 4.77. The van der Waals surface area contributed by atoms with Gasteiger partial charge in [0.25, 0.3) is 5.91 Å². The van der Waals surface area contributed by atoms with Gasteiger partial charge in [-0.1, -0.05) is 42.7 Å². The normalized spacial score (nSPS) is 16.8. The highest BCUT2D eigenvalue weighted by molar-refractivity contribution is 7.07. The number of amides is 1. The fraction of sp³-hybridized carbons (Fsp3) is 0.412. The number of aromatic nitrogens is 1. The van der Waals surface area contributed by atoms with Crippen LogP contribution in [0.15, 0.2) is 35.2 Å². The molecule has 3 rings (SSSR count). The van der Waals surface area contributed by atoms with Gasteiger partial charge in [-0.15, -0.1) is 11.3 Å². The van der Waals surface area contributed by atoms with Crippen molar-refractivity contribution in [3.05, 3.63) is 52.0 Å². The summed E-state index contributed by atoms with van der Waals surface area (Å²) in [7, 11) is 0. The number of aryl methyl sites for hydroxylation is 1. The Bertz CT molecular complexity index is 615. The molecule has 1 aliphatic rings. The molecule has 0 radical (unpaired) electrons. The van der Waals surface area contributed by atoms with Crippen LogP contribution in [0, 0.1) is 6.92 Å². The predicted octanol–water partition coefficient (Wildman–Crippen LogP) is 3.69. The van der Waals surface area contributed by atoms with E-state index in [-0.39, 0.29) is 11.3 Å². The van der Waals surface area contributed by atoms with Crippen molar-refractivity contribution in [1.82, 2.24) is 10.3 Å². The molecule has 0 unspecified atom stereocenters. The van der Waals surface area contributed by atoms with Crippen molar-refractivity contribution in [1.29, 1.82) is 0 Å². The molecular formula is C17H20N2OS. The van der Waals surface area contributed by atoms with Gasteiger partial charge < -0.3 is 5.32 Å². The number of thiazole rings is 1. The summed E-state index contributed by atoms with van der Waals surface area (Å²) in [6, 6.07) is 8.71. The molecule has 1 aromatic carbocycles. The van der Waals surface area contributed by atoms with Crippen LogP contribution in [0.3, 0.4) is 0 Å². The van der Waals surface area contributed by atoms with Gasteiger partial charge in [0, 0.05) is 17.3 Å². The van der Waals surface area contributed by atoms with Crippen molar-refractivity contribution in [3.8, 4) is 0 Å². The largest absolute Gasteiger partial charge is 0.350 e. The lowest BCUT2D eigenvalue weighted by Gasteiger charge is -2.30. The molecule has 1 N–H and O–H groups in total. The van der Waals surface area contributed by atoms with E-state index in [0.29, 0.717) is 12.2 Å². The lowest BCUT2D eigenvalue weighted by molar-refractivity contribution is 0.0939. The molecule has 1 heterocycles. The first-order valence-corrected chi connectivity index (χ1v) is 8.37. The standard InChI is InChI=1S/C17H20N2OS/c1-13-5-4-6-14(9-13)17(7-2-3-8-17)11-18-16(20)15-10-21-12-19-15/h4-6,9-10,12H,2-3,7-8,11H2,1H3,(H,18,20). The number of hydrogen-bond acceptors (Lipinski definition) is 3. The van der Waals surface area contributed by atoms with Crippen LogP contribution in [-0.2, 0) is 5.41 Å². The minimum absolute atomic E-state index is 0.0600. The lowest BCUT2D eigenvalue weighted by atomic mass is 9.78. The van der Waals surface area contributed by atoms with Gasteiger partial charge in [-0.2, -0.15) is 0 Å². The van der Waals surface area contributed by atoms with Gasteiger partial charge >= 0.3 is 0 Å². The van der Waals surface area contributed by atoms with E-state index in [2.05, 4.69) is 41.5 Å². The quantitative estimate of drug-likeness (QED) is 0.935. The molecule has 1 fully saturated rings. The van der Waals surface area contributed by atoms with Crippen molar-refractivity contribution in [3.63, 3.8) is 0 Å². The Balaban J connectivity index is 1.77. The third-order valence-corrected chi connectivity index (χ3v) is 5.03. The third kappa shape index (κ3) is 3.00. The van der Waals surface area contributed by atoms with Crippen LogP contribution in [0.4, 0.5) is 0 Å². The first-order valence-electron chi connectivity index (χ1n) is 7.43. The highest BCUT2D eigenvalue weighted by Crippen LogP contribution is 2.40. The molecule has 2 aromatic rings. The van der Waals surface area contributed by atoms with Gasteiger partial charge in [0.05, 0.1) is 5.51 Å². The maximum Gasteiger partial charge on any atom is 0.270 e. The molecular weight excluding hydrogens is 280 g/mol. The van der Waals surface area contributed by atoms with Gasteiger partial charge in [-0.05, 0) is 25.3 Å². The zero-order valence-corrected chi connectivity index (χ0v) is 13.1. The minimum atomic E-state index is -0.0600. The number of benzene rings is 1. The fourth-order valence-electron chi connectivity index (χ4n) is 3.26. The van der Waals surface area contributed by atoms with E-state index in [0.717, 1.165) is 12.8 Å². The van der Waals surface area contributed by atoms with Gasteiger partial charge in [0.15, 0.2) is 0 Å². The maximum atomic E-state index is 12.1. The summed E-state index contributed by atoms with van der Waals surface area (Å²) in [5, 5.41) is 4.89. The average Bonchev–Trinajstić information content (AvgIpc) is 3.17. The molecule has 21 heavy (non-hydrogen) atoms. The van der Waals surface area contributed by atoms with Crippen molar-refractivity contribution in [2.45, 2.75) is 38.0 Å². The van der Waals surface area contributed by atoms with Crippen LogP contribution < -0.4 is 5.32 Å². The summed E-state index contributed by atoms with van der Waals surface area (Å²) in [6.45, 7) is 2.83. The molecule has 1 saturated carbocycles. The second kappa shape index (κ2) is 5.98. The second-order valence-corrected chi connectivity index (χ2v) is 6.63. The maximum absolute atomic E-state index is 12.1. The number of rotatable bonds is 4. The number of nitrogens with one attached hydrogen (secondary N) is 1. The van der Waals surface area contributed by atoms with Crippen LogP contribution in [0.2, 0.25) is 0 Å². The molecule has 0 atom stereocenters. The fourth-order valence-corrected chi connectivity index (χ4v) is 3.79. The van der Waals surface area contributed by atoms with Gasteiger partial charge in [-0.25, -0.2) is 4.98 Å². The Morgan fingerprint density at radius 1 is 1.38 bits per heavy atom. The number of carbonyl (C=O) groups excluding carboxylic acids is 1. The SMILES string of the molecule is Cc1cccc(C2(CNC(=O)c3cscn3)CCCC2)c1. The number of nitrogens with zero attached hydrogens (tertiary/aromatic N) is 1. The Hall–Kier alpha value is -1.68. The molecule has 1 aromatic heterocycles. The van der Waals surface area contributed by atoms with Crippen molar-refractivity contribution < 1.29 is 4.79 Å². The van der Waals surface area contributed by atoms with Gasteiger partial charge in [0.1, 0.15) is 5.69 Å². The van der Waals surface area contributed by atoms with Crippen molar-refractivity contribution >= 4 is 17.2 Å². The molecule has 4 heteroatoms. The second-order valence-electron chi connectivity index (χ2n) is 5.91.